The van der Waals surface area contributed by atoms with E-state index in [4.69, 9.17) is 0 Å². The van der Waals surface area contributed by atoms with E-state index in [1.54, 1.807) is 6.08 Å². The molecule has 0 aliphatic rings. The van der Waals surface area contributed by atoms with Gasteiger partial charge in [0.05, 0.1) is 11.7 Å². The monoisotopic (exact) mass is 259 g/mol. The summed E-state index contributed by atoms with van der Waals surface area (Å²) < 4.78 is 37.5. The van der Waals surface area contributed by atoms with Gasteiger partial charge in [0, 0.05) is 12.6 Å². The topological polar surface area (TPSA) is 32.3 Å². The van der Waals surface area contributed by atoms with E-state index in [1.807, 2.05) is 6.92 Å². The number of aliphatic hydroxyl groups excluding tert-OH is 1. The average Bonchev–Trinajstić information content (AvgIpc) is 2.34. The lowest BCUT2D eigenvalue weighted by Gasteiger charge is -2.16. The Morgan fingerprint density at radius 1 is 1.44 bits per heavy atom. The maximum absolute atomic E-state index is 12.5. The number of aliphatic hydroxyl groups is 1. The van der Waals surface area contributed by atoms with Gasteiger partial charge in [0.1, 0.15) is 0 Å². The molecule has 2 atom stereocenters. The van der Waals surface area contributed by atoms with Crippen LogP contribution in [0.3, 0.4) is 0 Å². The number of hydrogen-bond donors (Lipinski definition) is 2. The molecule has 5 heteroatoms. The second-order valence-corrected chi connectivity index (χ2v) is 4.07. The maximum Gasteiger partial charge on any atom is 0.416 e. The molecule has 0 amide bonds. The highest BCUT2D eigenvalue weighted by Crippen LogP contribution is 2.30. The van der Waals surface area contributed by atoms with Crippen molar-refractivity contribution in [3.05, 3.63) is 48.0 Å². The summed E-state index contributed by atoms with van der Waals surface area (Å²) in [5.41, 5.74) is -0.510. The summed E-state index contributed by atoms with van der Waals surface area (Å²) in [4.78, 5) is 0. The minimum Gasteiger partial charge on any atom is -0.387 e. The van der Waals surface area contributed by atoms with Crippen LogP contribution in [0.5, 0.6) is 0 Å². The molecule has 0 aromatic heterocycles. The molecule has 2 unspecified atom stereocenters. The predicted octanol–water partition coefficient (Wildman–Crippen LogP) is 2.90. The molecule has 2 nitrogen and oxygen atoms in total. The van der Waals surface area contributed by atoms with Gasteiger partial charge < -0.3 is 10.4 Å². The lowest BCUT2D eigenvalue weighted by Crippen LogP contribution is -2.28. The Hall–Kier alpha value is -1.33. The highest BCUT2D eigenvalue weighted by atomic mass is 19.4. The predicted molar refractivity (Wildman–Crippen MR) is 64.1 cm³/mol. The van der Waals surface area contributed by atoms with Crippen molar-refractivity contribution < 1.29 is 18.3 Å². The fraction of sp³-hybridized carbons (Fsp3) is 0.385. The van der Waals surface area contributed by atoms with Crippen LogP contribution in [0.15, 0.2) is 36.9 Å². The summed E-state index contributed by atoms with van der Waals surface area (Å²) in [7, 11) is 0. The highest BCUT2D eigenvalue weighted by Gasteiger charge is 2.30. The van der Waals surface area contributed by atoms with Crippen LogP contribution < -0.4 is 5.32 Å². The summed E-state index contributed by atoms with van der Waals surface area (Å²) >= 11 is 0. The van der Waals surface area contributed by atoms with Crippen LogP contribution in [-0.2, 0) is 6.18 Å². The van der Waals surface area contributed by atoms with E-state index in [0.717, 1.165) is 12.1 Å². The van der Waals surface area contributed by atoms with E-state index < -0.39 is 17.8 Å². The van der Waals surface area contributed by atoms with Gasteiger partial charge >= 0.3 is 6.18 Å². The Balaban J connectivity index is 2.74. The molecular weight excluding hydrogens is 243 g/mol. The van der Waals surface area contributed by atoms with Crippen molar-refractivity contribution >= 4 is 0 Å². The molecule has 0 saturated heterocycles. The first-order chi connectivity index (χ1) is 8.34. The van der Waals surface area contributed by atoms with Crippen molar-refractivity contribution in [1.29, 1.82) is 0 Å². The zero-order valence-corrected chi connectivity index (χ0v) is 10.0. The molecule has 1 aromatic rings. The van der Waals surface area contributed by atoms with Crippen LogP contribution in [-0.4, -0.2) is 17.7 Å². The first-order valence-electron chi connectivity index (χ1n) is 5.55. The Morgan fingerprint density at radius 2 is 2.11 bits per heavy atom. The first kappa shape index (κ1) is 14.7. The summed E-state index contributed by atoms with van der Waals surface area (Å²) in [6.07, 6.45) is -3.72. The quantitative estimate of drug-likeness (QED) is 0.797. The zero-order chi connectivity index (χ0) is 13.8. The van der Waals surface area contributed by atoms with Gasteiger partial charge in [0.15, 0.2) is 0 Å². The molecule has 0 fully saturated rings. The van der Waals surface area contributed by atoms with E-state index in [-0.39, 0.29) is 18.2 Å². The molecule has 0 spiro atoms. The SMILES string of the molecule is C=CC(C)NCC(O)c1cccc(C(F)(F)F)c1. The van der Waals surface area contributed by atoms with Gasteiger partial charge in [0.25, 0.3) is 0 Å². The van der Waals surface area contributed by atoms with Crippen molar-refractivity contribution in [2.24, 2.45) is 0 Å². The summed E-state index contributed by atoms with van der Waals surface area (Å²) in [5.74, 6) is 0. The Bertz CT molecular complexity index is 403. The smallest absolute Gasteiger partial charge is 0.387 e. The molecule has 0 saturated carbocycles. The number of halogens is 3. The normalized spacial score (nSPS) is 15.2. The molecule has 0 heterocycles. The van der Waals surface area contributed by atoms with E-state index in [2.05, 4.69) is 11.9 Å². The zero-order valence-electron chi connectivity index (χ0n) is 10.0. The number of nitrogens with one attached hydrogen (secondary N) is 1. The fourth-order valence-corrected chi connectivity index (χ4v) is 1.42. The standard InChI is InChI=1S/C13H16F3NO/c1-3-9(2)17-8-12(18)10-5-4-6-11(7-10)13(14,15)16/h3-7,9,12,17-18H,1,8H2,2H3. The van der Waals surface area contributed by atoms with Crippen LogP contribution in [0.4, 0.5) is 13.2 Å². The van der Waals surface area contributed by atoms with Crippen molar-refractivity contribution in [3.8, 4) is 0 Å². The molecule has 0 bridgehead atoms. The molecule has 100 valence electrons. The van der Waals surface area contributed by atoms with Gasteiger partial charge in [-0.05, 0) is 24.6 Å². The number of hydrogen-bond acceptors (Lipinski definition) is 2. The minimum absolute atomic E-state index is 0.00884. The van der Waals surface area contributed by atoms with Gasteiger partial charge in [-0.3, -0.25) is 0 Å². The molecule has 0 radical (unpaired) electrons. The molecule has 0 aliphatic carbocycles. The van der Waals surface area contributed by atoms with Crippen LogP contribution >= 0.6 is 0 Å². The Morgan fingerprint density at radius 3 is 2.67 bits per heavy atom. The van der Waals surface area contributed by atoms with Gasteiger partial charge in [-0.25, -0.2) is 0 Å². The van der Waals surface area contributed by atoms with Crippen LogP contribution in [0.25, 0.3) is 0 Å². The fourth-order valence-electron chi connectivity index (χ4n) is 1.42. The second-order valence-electron chi connectivity index (χ2n) is 4.07. The van der Waals surface area contributed by atoms with Crippen LogP contribution in [0.2, 0.25) is 0 Å². The van der Waals surface area contributed by atoms with Crippen molar-refractivity contribution in [2.75, 3.05) is 6.54 Å². The number of benzene rings is 1. The molecule has 18 heavy (non-hydrogen) atoms. The number of rotatable bonds is 5. The first-order valence-corrected chi connectivity index (χ1v) is 5.55. The van der Waals surface area contributed by atoms with Gasteiger partial charge in [0.2, 0.25) is 0 Å². The third-order valence-electron chi connectivity index (χ3n) is 2.59. The molecule has 1 rings (SSSR count). The van der Waals surface area contributed by atoms with Crippen LogP contribution in [0.1, 0.15) is 24.2 Å². The second kappa shape index (κ2) is 6.02. The van der Waals surface area contributed by atoms with Gasteiger partial charge in [-0.15, -0.1) is 6.58 Å². The van der Waals surface area contributed by atoms with Gasteiger partial charge in [-0.2, -0.15) is 13.2 Å². The highest BCUT2D eigenvalue weighted by molar-refractivity contribution is 5.27. The largest absolute Gasteiger partial charge is 0.416 e. The van der Waals surface area contributed by atoms with E-state index in [9.17, 15) is 18.3 Å². The minimum atomic E-state index is -4.39. The average molecular weight is 259 g/mol. The van der Waals surface area contributed by atoms with Crippen molar-refractivity contribution in [1.82, 2.24) is 5.32 Å². The van der Waals surface area contributed by atoms with Crippen molar-refractivity contribution in [2.45, 2.75) is 25.2 Å². The summed E-state index contributed by atoms with van der Waals surface area (Å²) in [6.45, 7) is 5.58. The lowest BCUT2D eigenvalue weighted by atomic mass is 10.1. The third-order valence-corrected chi connectivity index (χ3v) is 2.59. The molecular formula is C13H16F3NO. The van der Waals surface area contributed by atoms with E-state index in [1.165, 1.54) is 12.1 Å². The lowest BCUT2D eigenvalue weighted by molar-refractivity contribution is -0.137. The molecule has 1 aromatic carbocycles. The van der Waals surface area contributed by atoms with E-state index >= 15 is 0 Å². The Kier molecular flexibility index (Phi) is 4.93. The summed E-state index contributed by atoms with van der Waals surface area (Å²) in [5, 5.41) is 12.7. The molecule has 2 N–H and O–H groups in total. The maximum atomic E-state index is 12.5. The van der Waals surface area contributed by atoms with Crippen LogP contribution in [0, 0.1) is 0 Å². The van der Waals surface area contributed by atoms with E-state index in [0.29, 0.717) is 0 Å². The number of alkyl halides is 3. The Labute approximate surface area is 104 Å². The van der Waals surface area contributed by atoms with Gasteiger partial charge in [-0.1, -0.05) is 18.2 Å². The van der Waals surface area contributed by atoms with Crippen molar-refractivity contribution in [3.63, 3.8) is 0 Å². The molecule has 0 aliphatic heterocycles. The summed E-state index contributed by atoms with van der Waals surface area (Å²) in [6, 6.07) is 4.70. The third kappa shape index (κ3) is 4.16.